The van der Waals surface area contributed by atoms with Gasteiger partial charge in [0, 0.05) is 24.2 Å². The smallest absolute Gasteiger partial charge is 0.130 e. The molecule has 0 spiro atoms. The van der Waals surface area contributed by atoms with E-state index in [4.69, 9.17) is 16.3 Å². The summed E-state index contributed by atoms with van der Waals surface area (Å²) in [6.45, 7) is 1.98. The largest absolute Gasteiger partial charge is 0.496 e. The minimum absolute atomic E-state index is 0.131. The highest BCUT2D eigenvalue weighted by atomic mass is 35.5. The zero-order valence-electron chi connectivity index (χ0n) is 12.3. The highest BCUT2D eigenvalue weighted by molar-refractivity contribution is 6.30. The van der Waals surface area contributed by atoms with Gasteiger partial charge < -0.3 is 10.1 Å². The number of aryl methyl sites for hydroxylation is 2. The zero-order valence-corrected chi connectivity index (χ0v) is 13.0. The maximum absolute atomic E-state index is 6.32. The molecule has 1 aromatic heterocycles. The lowest BCUT2D eigenvalue weighted by Crippen LogP contribution is -2.20. The standard InChI is InChI=1S/C15H20ClN3O/c1-10-12(15(16)19(3)18-10)9-13(17-2)11-7-5-6-8-14(11)20-4/h5-8,13,17H,9H2,1-4H3. The molecule has 0 radical (unpaired) electrons. The van der Waals surface area contributed by atoms with Crippen LogP contribution in [0.2, 0.25) is 5.15 Å². The van der Waals surface area contributed by atoms with E-state index in [-0.39, 0.29) is 6.04 Å². The van der Waals surface area contributed by atoms with E-state index in [1.165, 1.54) is 0 Å². The molecular formula is C15H20ClN3O. The van der Waals surface area contributed by atoms with E-state index in [0.29, 0.717) is 5.15 Å². The van der Waals surface area contributed by atoms with Crippen molar-refractivity contribution in [3.8, 4) is 5.75 Å². The van der Waals surface area contributed by atoms with Gasteiger partial charge in [-0.2, -0.15) is 5.10 Å². The summed E-state index contributed by atoms with van der Waals surface area (Å²) in [4.78, 5) is 0. The Balaban J connectivity index is 2.34. The fourth-order valence-corrected chi connectivity index (χ4v) is 2.68. The van der Waals surface area contributed by atoms with E-state index in [0.717, 1.165) is 29.0 Å². The molecular weight excluding hydrogens is 274 g/mol. The monoisotopic (exact) mass is 293 g/mol. The predicted octanol–water partition coefficient (Wildman–Crippen LogP) is 2.89. The second-order valence-electron chi connectivity index (χ2n) is 4.77. The summed E-state index contributed by atoms with van der Waals surface area (Å²) in [5.74, 6) is 0.879. The average molecular weight is 294 g/mol. The van der Waals surface area contributed by atoms with Crippen LogP contribution in [-0.2, 0) is 13.5 Å². The van der Waals surface area contributed by atoms with Crippen LogP contribution >= 0.6 is 11.6 Å². The topological polar surface area (TPSA) is 39.1 Å². The number of hydrogen-bond acceptors (Lipinski definition) is 3. The van der Waals surface area contributed by atoms with Crippen molar-refractivity contribution in [2.24, 2.45) is 7.05 Å². The number of ether oxygens (including phenoxy) is 1. The summed E-state index contributed by atoms with van der Waals surface area (Å²) in [6, 6.07) is 8.15. The number of hydrogen-bond donors (Lipinski definition) is 1. The minimum Gasteiger partial charge on any atom is -0.496 e. The Hall–Kier alpha value is -1.52. The lowest BCUT2D eigenvalue weighted by atomic mass is 9.98. The van der Waals surface area contributed by atoms with Crippen LogP contribution < -0.4 is 10.1 Å². The molecule has 0 aliphatic carbocycles. The highest BCUT2D eigenvalue weighted by Gasteiger charge is 2.19. The molecule has 0 saturated heterocycles. The Morgan fingerprint density at radius 1 is 1.40 bits per heavy atom. The van der Waals surface area contributed by atoms with Crippen molar-refractivity contribution in [1.82, 2.24) is 15.1 Å². The van der Waals surface area contributed by atoms with Crippen LogP contribution in [0.3, 0.4) is 0 Å². The molecule has 1 N–H and O–H groups in total. The van der Waals surface area contributed by atoms with Gasteiger partial charge >= 0.3 is 0 Å². The van der Waals surface area contributed by atoms with E-state index >= 15 is 0 Å². The first kappa shape index (κ1) is 14.9. The Bertz CT molecular complexity index is 595. The first-order valence-electron chi connectivity index (χ1n) is 6.56. The van der Waals surface area contributed by atoms with Crippen molar-refractivity contribution in [2.45, 2.75) is 19.4 Å². The van der Waals surface area contributed by atoms with Crippen molar-refractivity contribution in [3.63, 3.8) is 0 Å². The normalized spacial score (nSPS) is 12.4. The van der Waals surface area contributed by atoms with E-state index in [2.05, 4.69) is 16.5 Å². The summed E-state index contributed by atoms with van der Waals surface area (Å²) >= 11 is 6.32. The van der Waals surface area contributed by atoms with E-state index < -0.39 is 0 Å². The Labute approximate surface area is 124 Å². The molecule has 0 fully saturated rings. The van der Waals surface area contributed by atoms with Crippen LogP contribution in [0.5, 0.6) is 5.75 Å². The van der Waals surface area contributed by atoms with E-state index in [1.54, 1.807) is 11.8 Å². The molecule has 0 aliphatic rings. The van der Waals surface area contributed by atoms with E-state index in [9.17, 15) is 0 Å². The zero-order chi connectivity index (χ0) is 14.7. The molecule has 20 heavy (non-hydrogen) atoms. The number of likely N-dealkylation sites (N-methyl/N-ethyl adjacent to an activating group) is 1. The summed E-state index contributed by atoms with van der Waals surface area (Å²) < 4.78 is 7.15. The number of para-hydroxylation sites is 1. The van der Waals surface area contributed by atoms with Gasteiger partial charge in [-0.25, -0.2) is 0 Å². The molecule has 1 aromatic carbocycles. The Morgan fingerprint density at radius 2 is 2.10 bits per heavy atom. The van der Waals surface area contributed by atoms with Crippen LogP contribution in [0.25, 0.3) is 0 Å². The number of nitrogens with one attached hydrogen (secondary N) is 1. The fourth-order valence-electron chi connectivity index (χ4n) is 2.43. The van der Waals surface area contributed by atoms with Gasteiger partial charge in [0.2, 0.25) is 0 Å². The maximum atomic E-state index is 6.32. The van der Waals surface area contributed by atoms with Gasteiger partial charge in [0.1, 0.15) is 10.9 Å². The molecule has 108 valence electrons. The van der Waals surface area contributed by atoms with Crippen LogP contribution in [0, 0.1) is 6.92 Å². The van der Waals surface area contributed by atoms with Crippen LogP contribution in [0.4, 0.5) is 0 Å². The predicted molar refractivity (Wildman–Crippen MR) is 81.5 cm³/mol. The SMILES string of the molecule is CNC(Cc1c(C)nn(C)c1Cl)c1ccccc1OC. The molecule has 5 heteroatoms. The van der Waals surface area contributed by atoms with Crippen LogP contribution in [0.1, 0.15) is 22.9 Å². The van der Waals surface area contributed by atoms with Crippen molar-refractivity contribution in [2.75, 3.05) is 14.2 Å². The lowest BCUT2D eigenvalue weighted by molar-refractivity contribution is 0.401. The summed E-state index contributed by atoms with van der Waals surface area (Å²) in [6.07, 6.45) is 0.773. The van der Waals surface area contributed by atoms with Gasteiger partial charge in [-0.1, -0.05) is 29.8 Å². The fraction of sp³-hybridized carbons (Fsp3) is 0.400. The van der Waals surface area contributed by atoms with Gasteiger partial charge in [0.25, 0.3) is 0 Å². The second-order valence-corrected chi connectivity index (χ2v) is 5.12. The molecule has 4 nitrogen and oxygen atoms in total. The number of aromatic nitrogens is 2. The average Bonchev–Trinajstić information content (AvgIpc) is 2.70. The molecule has 0 amide bonds. The minimum atomic E-state index is 0.131. The van der Waals surface area contributed by atoms with Gasteiger partial charge in [-0.15, -0.1) is 0 Å². The third kappa shape index (κ3) is 2.81. The van der Waals surface area contributed by atoms with Gasteiger partial charge in [0.15, 0.2) is 0 Å². The van der Waals surface area contributed by atoms with Gasteiger partial charge in [-0.05, 0) is 26.5 Å². The molecule has 1 unspecified atom stereocenters. The van der Waals surface area contributed by atoms with Crippen molar-refractivity contribution in [3.05, 3.63) is 46.2 Å². The third-order valence-corrected chi connectivity index (χ3v) is 4.01. The molecule has 2 rings (SSSR count). The number of rotatable bonds is 5. The molecule has 2 aromatic rings. The number of methoxy groups -OCH3 is 1. The Morgan fingerprint density at radius 3 is 2.65 bits per heavy atom. The van der Waals surface area contributed by atoms with E-state index in [1.807, 2.05) is 39.2 Å². The Kier molecular flexibility index (Phi) is 4.68. The van der Waals surface area contributed by atoms with Gasteiger partial charge in [-0.3, -0.25) is 4.68 Å². The molecule has 1 atom stereocenters. The van der Waals surface area contributed by atoms with Crippen molar-refractivity contribution < 1.29 is 4.74 Å². The molecule has 0 saturated carbocycles. The molecule has 1 heterocycles. The van der Waals surface area contributed by atoms with Crippen LogP contribution in [-0.4, -0.2) is 23.9 Å². The van der Waals surface area contributed by atoms with Crippen molar-refractivity contribution in [1.29, 1.82) is 0 Å². The number of halogens is 1. The summed E-state index contributed by atoms with van der Waals surface area (Å²) in [7, 11) is 5.49. The first-order valence-corrected chi connectivity index (χ1v) is 6.94. The van der Waals surface area contributed by atoms with Crippen LogP contribution in [0.15, 0.2) is 24.3 Å². The summed E-state index contributed by atoms with van der Waals surface area (Å²) in [5, 5.41) is 8.38. The van der Waals surface area contributed by atoms with Gasteiger partial charge in [0.05, 0.1) is 12.8 Å². The number of nitrogens with zero attached hydrogens (tertiary/aromatic N) is 2. The summed E-state index contributed by atoms with van der Waals surface area (Å²) in [5.41, 5.74) is 3.16. The van der Waals surface area contributed by atoms with Crippen molar-refractivity contribution >= 4 is 11.6 Å². The highest BCUT2D eigenvalue weighted by Crippen LogP contribution is 2.30. The number of benzene rings is 1. The lowest BCUT2D eigenvalue weighted by Gasteiger charge is -2.19. The molecule has 0 aliphatic heterocycles. The molecule has 0 bridgehead atoms. The second kappa shape index (κ2) is 6.29. The first-order chi connectivity index (χ1) is 9.58. The quantitative estimate of drug-likeness (QED) is 0.921. The maximum Gasteiger partial charge on any atom is 0.130 e. The third-order valence-electron chi connectivity index (χ3n) is 3.54.